The van der Waals surface area contributed by atoms with Crippen LogP contribution in [0.2, 0.25) is 0 Å². The molecule has 2 aromatic heterocycles. The van der Waals surface area contributed by atoms with Crippen molar-refractivity contribution in [3.8, 4) is 17.1 Å². The van der Waals surface area contributed by atoms with E-state index in [4.69, 9.17) is 4.74 Å². The Balaban J connectivity index is 1.56. The lowest BCUT2D eigenvalue weighted by Gasteiger charge is -2.26. The van der Waals surface area contributed by atoms with E-state index in [2.05, 4.69) is 16.0 Å². The van der Waals surface area contributed by atoms with Crippen molar-refractivity contribution in [1.29, 1.82) is 0 Å². The number of morpholine rings is 1. The van der Waals surface area contributed by atoms with Gasteiger partial charge in [0.25, 0.3) is 5.91 Å². The van der Waals surface area contributed by atoms with Crippen LogP contribution in [0.3, 0.4) is 0 Å². The van der Waals surface area contributed by atoms with Crippen LogP contribution in [0.15, 0.2) is 66.0 Å². The number of nitrogens with zero attached hydrogens (tertiary/aromatic N) is 4. The molecule has 168 valence electrons. The Morgan fingerprint density at radius 3 is 2.48 bits per heavy atom. The van der Waals surface area contributed by atoms with Gasteiger partial charge in [-0.05, 0) is 24.6 Å². The SMILES string of the molecule is Cc1cccc(-c2cnc(-n3cc(S(C)=O)c4ccc(C(=O)N5CCOCC5)cc43)nc2)c1. The number of amides is 1. The number of hydrogen-bond acceptors (Lipinski definition) is 5. The summed E-state index contributed by atoms with van der Waals surface area (Å²) in [5, 5.41) is 0.820. The number of carbonyl (C=O) groups is 1. The first-order valence-electron chi connectivity index (χ1n) is 10.8. The molecule has 3 heterocycles. The lowest BCUT2D eigenvalue weighted by Crippen LogP contribution is -2.40. The largest absolute Gasteiger partial charge is 0.378 e. The Kier molecular flexibility index (Phi) is 5.78. The van der Waals surface area contributed by atoms with Gasteiger partial charge in [0.1, 0.15) is 0 Å². The maximum atomic E-state index is 13.0. The highest BCUT2D eigenvalue weighted by atomic mass is 32.2. The highest BCUT2D eigenvalue weighted by Gasteiger charge is 2.21. The summed E-state index contributed by atoms with van der Waals surface area (Å²) in [4.78, 5) is 24.7. The first-order valence-corrected chi connectivity index (χ1v) is 12.3. The van der Waals surface area contributed by atoms with E-state index in [9.17, 15) is 9.00 Å². The van der Waals surface area contributed by atoms with Crippen LogP contribution in [0, 0.1) is 6.92 Å². The summed E-state index contributed by atoms with van der Waals surface area (Å²) in [6.07, 6.45) is 7.02. The Bertz CT molecular complexity index is 1360. The average molecular weight is 461 g/mol. The van der Waals surface area contributed by atoms with Gasteiger partial charge in [-0.25, -0.2) is 9.97 Å². The average Bonchev–Trinajstić information content (AvgIpc) is 3.23. The summed E-state index contributed by atoms with van der Waals surface area (Å²) in [5.41, 5.74) is 4.46. The number of rotatable bonds is 4. The molecule has 1 aliphatic rings. The first-order chi connectivity index (χ1) is 16.0. The minimum Gasteiger partial charge on any atom is -0.378 e. The zero-order valence-corrected chi connectivity index (χ0v) is 19.3. The summed E-state index contributed by atoms with van der Waals surface area (Å²) < 4.78 is 19.6. The fourth-order valence-electron chi connectivity index (χ4n) is 4.09. The minimum atomic E-state index is -1.20. The van der Waals surface area contributed by atoms with Gasteiger partial charge in [0.2, 0.25) is 5.95 Å². The van der Waals surface area contributed by atoms with E-state index in [1.807, 2.05) is 41.8 Å². The van der Waals surface area contributed by atoms with Gasteiger partial charge in [-0.2, -0.15) is 0 Å². The third-order valence-electron chi connectivity index (χ3n) is 5.83. The van der Waals surface area contributed by atoms with E-state index in [-0.39, 0.29) is 5.91 Å². The molecule has 0 spiro atoms. The highest BCUT2D eigenvalue weighted by molar-refractivity contribution is 7.84. The maximum Gasteiger partial charge on any atom is 0.254 e. The minimum absolute atomic E-state index is 0.0390. The van der Waals surface area contributed by atoms with Crippen molar-refractivity contribution >= 4 is 27.6 Å². The Morgan fingerprint density at radius 1 is 1.03 bits per heavy atom. The summed E-state index contributed by atoms with van der Waals surface area (Å²) >= 11 is 0. The van der Waals surface area contributed by atoms with Gasteiger partial charge in [0.05, 0.1) is 34.4 Å². The normalized spacial score (nSPS) is 15.0. The van der Waals surface area contributed by atoms with Crippen molar-refractivity contribution in [2.24, 2.45) is 0 Å². The molecule has 33 heavy (non-hydrogen) atoms. The molecular weight excluding hydrogens is 436 g/mol. The molecule has 1 saturated heterocycles. The van der Waals surface area contributed by atoms with Gasteiger partial charge >= 0.3 is 0 Å². The Morgan fingerprint density at radius 2 is 1.79 bits per heavy atom. The van der Waals surface area contributed by atoms with Crippen LogP contribution in [0.4, 0.5) is 0 Å². The molecule has 0 radical (unpaired) electrons. The molecule has 1 unspecified atom stereocenters. The fourth-order valence-corrected chi connectivity index (χ4v) is 4.83. The first kappa shape index (κ1) is 21.5. The lowest BCUT2D eigenvalue weighted by atomic mass is 10.1. The van der Waals surface area contributed by atoms with Crippen molar-refractivity contribution < 1.29 is 13.7 Å². The smallest absolute Gasteiger partial charge is 0.254 e. The van der Waals surface area contributed by atoms with Crippen LogP contribution in [0.5, 0.6) is 0 Å². The summed E-state index contributed by atoms with van der Waals surface area (Å²) in [7, 11) is -1.20. The molecule has 0 saturated carbocycles. The third kappa shape index (κ3) is 4.19. The number of aryl methyl sites for hydroxylation is 1. The maximum absolute atomic E-state index is 13.0. The molecule has 0 aliphatic carbocycles. The molecule has 7 nitrogen and oxygen atoms in total. The molecular formula is C25H24N4O3S. The van der Waals surface area contributed by atoms with E-state index in [0.29, 0.717) is 42.7 Å². The molecule has 1 fully saturated rings. The molecule has 1 atom stereocenters. The number of fused-ring (bicyclic) bond motifs is 1. The quantitative estimate of drug-likeness (QED) is 0.465. The number of aromatic nitrogens is 3. The lowest BCUT2D eigenvalue weighted by molar-refractivity contribution is 0.0303. The van der Waals surface area contributed by atoms with Crippen LogP contribution < -0.4 is 0 Å². The van der Waals surface area contributed by atoms with Crippen LogP contribution >= 0.6 is 0 Å². The van der Waals surface area contributed by atoms with E-state index < -0.39 is 10.8 Å². The Labute approximate surface area is 194 Å². The number of carbonyl (C=O) groups excluding carboxylic acids is 1. The second-order valence-electron chi connectivity index (χ2n) is 8.10. The predicted octanol–water partition coefficient (Wildman–Crippen LogP) is 3.61. The second kappa shape index (κ2) is 8.88. The summed E-state index contributed by atoms with van der Waals surface area (Å²) in [6.45, 7) is 4.29. The van der Waals surface area contributed by atoms with Crippen LogP contribution in [0.1, 0.15) is 15.9 Å². The zero-order chi connectivity index (χ0) is 22.9. The van der Waals surface area contributed by atoms with Gasteiger partial charge in [-0.15, -0.1) is 0 Å². The van der Waals surface area contributed by atoms with Gasteiger partial charge in [-0.1, -0.05) is 35.9 Å². The molecule has 4 aromatic rings. The molecule has 0 bridgehead atoms. The molecule has 2 aromatic carbocycles. The fraction of sp³-hybridized carbons (Fsp3) is 0.240. The highest BCUT2D eigenvalue weighted by Crippen LogP contribution is 2.28. The van der Waals surface area contributed by atoms with Crippen molar-refractivity contribution in [2.75, 3.05) is 32.6 Å². The van der Waals surface area contributed by atoms with Gasteiger partial charge in [0.15, 0.2) is 0 Å². The van der Waals surface area contributed by atoms with E-state index in [0.717, 1.165) is 22.0 Å². The van der Waals surface area contributed by atoms with Gasteiger partial charge in [0, 0.05) is 54.4 Å². The number of hydrogen-bond donors (Lipinski definition) is 0. The van der Waals surface area contributed by atoms with Crippen LogP contribution in [-0.2, 0) is 15.5 Å². The standard InChI is InChI=1S/C25H24N4O3S/c1-17-4-3-5-18(12-17)20-14-26-25(27-15-20)29-16-23(33(2)31)21-7-6-19(13-22(21)29)24(30)28-8-10-32-11-9-28/h3-7,12-16H,8-11H2,1-2H3. The molecule has 8 heteroatoms. The van der Waals surface area contributed by atoms with Crippen molar-refractivity contribution in [1.82, 2.24) is 19.4 Å². The van der Waals surface area contributed by atoms with Gasteiger partial charge in [-0.3, -0.25) is 13.6 Å². The zero-order valence-electron chi connectivity index (χ0n) is 18.5. The van der Waals surface area contributed by atoms with Gasteiger partial charge < -0.3 is 9.64 Å². The predicted molar refractivity (Wildman–Crippen MR) is 128 cm³/mol. The molecule has 5 rings (SSSR count). The second-order valence-corrected chi connectivity index (χ2v) is 9.44. The summed E-state index contributed by atoms with van der Waals surface area (Å²) in [5.74, 6) is 0.423. The van der Waals surface area contributed by atoms with E-state index in [1.165, 1.54) is 5.56 Å². The van der Waals surface area contributed by atoms with Crippen molar-refractivity contribution in [3.63, 3.8) is 0 Å². The monoisotopic (exact) mass is 460 g/mol. The van der Waals surface area contributed by atoms with E-state index in [1.54, 1.807) is 35.8 Å². The summed E-state index contributed by atoms with van der Waals surface area (Å²) in [6, 6.07) is 13.7. The van der Waals surface area contributed by atoms with E-state index >= 15 is 0 Å². The molecule has 0 N–H and O–H groups in total. The third-order valence-corrected chi connectivity index (χ3v) is 6.77. The topological polar surface area (TPSA) is 77.3 Å². The van der Waals surface area contributed by atoms with Crippen molar-refractivity contribution in [2.45, 2.75) is 11.8 Å². The number of ether oxygens (including phenoxy) is 1. The molecule has 1 amide bonds. The van der Waals surface area contributed by atoms with Crippen LogP contribution in [-0.4, -0.2) is 62.1 Å². The molecule has 1 aliphatic heterocycles. The Hall–Kier alpha value is -3.36. The number of benzene rings is 2. The van der Waals surface area contributed by atoms with Crippen molar-refractivity contribution in [3.05, 3.63) is 72.2 Å². The van der Waals surface area contributed by atoms with Crippen LogP contribution in [0.25, 0.3) is 28.0 Å².